The SMILES string of the molecule is Cc1cc(CN2CCN3[C@H](C2)C(=O)N(Cc2ccccc2)C32CCOCC2)no1. The predicted octanol–water partition coefficient (Wildman–Crippen LogP) is 2.02. The summed E-state index contributed by atoms with van der Waals surface area (Å²) in [6, 6.07) is 12.2. The maximum absolute atomic E-state index is 13.6. The van der Waals surface area contributed by atoms with Crippen molar-refractivity contribution in [3.63, 3.8) is 0 Å². The Hall–Kier alpha value is -2.22. The zero-order valence-corrected chi connectivity index (χ0v) is 16.9. The third kappa shape index (κ3) is 3.37. The van der Waals surface area contributed by atoms with E-state index in [2.05, 4.69) is 32.0 Å². The van der Waals surface area contributed by atoms with Gasteiger partial charge in [0.2, 0.25) is 5.91 Å². The van der Waals surface area contributed by atoms with Crippen LogP contribution in [0.15, 0.2) is 40.9 Å². The van der Waals surface area contributed by atoms with Crippen molar-refractivity contribution in [2.45, 2.75) is 44.6 Å². The monoisotopic (exact) mass is 396 g/mol. The van der Waals surface area contributed by atoms with Crippen molar-refractivity contribution in [2.24, 2.45) is 0 Å². The Morgan fingerprint density at radius 3 is 2.66 bits per heavy atom. The molecule has 154 valence electrons. The van der Waals surface area contributed by atoms with Gasteiger partial charge in [0.15, 0.2) is 0 Å². The van der Waals surface area contributed by atoms with E-state index >= 15 is 0 Å². The van der Waals surface area contributed by atoms with Crippen molar-refractivity contribution in [3.05, 3.63) is 53.4 Å². The average Bonchev–Trinajstić information content (AvgIpc) is 3.25. The number of hydrogen-bond donors (Lipinski definition) is 0. The van der Waals surface area contributed by atoms with Gasteiger partial charge in [0, 0.05) is 51.6 Å². The van der Waals surface area contributed by atoms with Crippen LogP contribution in [0.2, 0.25) is 0 Å². The first-order valence-electron chi connectivity index (χ1n) is 10.5. The Labute approximate surface area is 171 Å². The van der Waals surface area contributed by atoms with Gasteiger partial charge in [-0.3, -0.25) is 14.6 Å². The van der Waals surface area contributed by atoms with Crippen LogP contribution < -0.4 is 0 Å². The van der Waals surface area contributed by atoms with Crippen molar-refractivity contribution in [3.8, 4) is 0 Å². The van der Waals surface area contributed by atoms with Crippen molar-refractivity contribution < 1.29 is 14.1 Å². The molecule has 3 aliphatic heterocycles. The van der Waals surface area contributed by atoms with Crippen molar-refractivity contribution in [1.29, 1.82) is 0 Å². The van der Waals surface area contributed by atoms with Crippen molar-refractivity contribution in [1.82, 2.24) is 19.9 Å². The Balaban J connectivity index is 1.39. The molecule has 1 amide bonds. The number of aromatic nitrogens is 1. The number of hydrogen-bond acceptors (Lipinski definition) is 6. The van der Waals surface area contributed by atoms with Crippen LogP contribution in [0.3, 0.4) is 0 Å². The lowest BCUT2D eigenvalue weighted by molar-refractivity contribution is -0.137. The van der Waals surface area contributed by atoms with Gasteiger partial charge in [0.25, 0.3) is 0 Å². The molecule has 0 N–H and O–H groups in total. The first-order chi connectivity index (χ1) is 14.2. The fourth-order valence-electron chi connectivity index (χ4n) is 5.20. The van der Waals surface area contributed by atoms with E-state index in [4.69, 9.17) is 9.26 Å². The molecule has 0 bridgehead atoms. The van der Waals surface area contributed by atoms with Crippen LogP contribution in [0.5, 0.6) is 0 Å². The summed E-state index contributed by atoms with van der Waals surface area (Å²) in [5.41, 5.74) is 1.90. The van der Waals surface area contributed by atoms with Gasteiger partial charge in [-0.25, -0.2) is 0 Å². The molecule has 0 unspecified atom stereocenters. The van der Waals surface area contributed by atoms with Gasteiger partial charge in [-0.15, -0.1) is 0 Å². The van der Waals surface area contributed by atoms with Gasteiger partial charge in [-0.05, 0) is 12.5 Å². The molecule has 0 aliphatic carbocycles. The van der Waals surface area contributed by atoms with E-state index in [0.717, 1.165) is 50.5 Å². The van der Waals surface area contributed by atoms with Crippen LogP contribution in [0, 0.1) is 6.92 Å². The number of carbonyl (C=O) groups is 1. The summed E-state index contributed by atoms with van der Waals surface area (Å²) in [6.45, 7) is 7.27. The van der Waals surface area contributed by atoms with E-state index in [1.807, 2.05) is 31.2 Å². The minimum absolute atomic E-state index is 0.0986. The lowest BCUT2D eigenvalue weighted by Crippen LogP contribution is -2.61. The van der Waals surface area contributed by atoms with Gasteiger partial charge in [-0.2, -0.15) is 0 Å². The number of ether oxygens (including phenoxy) is 1. The van der Waals surface area contributed by atoms with E-state index in [-0.39, 0.29) is 17.6 Å². The largest absolute Gasteiger partial charge is 0.381 e. The summed E-state index contributed by atoms with van der Waals surface area (Å²) >= 11 is 0. The number of nitrogens with zero attached hydrogens (tertiary/aromatic N) is 4. The number of benzene rings is 1. The van der Waals surface area contributed by atoms with Gasteiger partial charge in [-0.1, -0.05) is 35.5 Å². The summed E-state index contributed by atoms with van der Waals surface area (Å²) in [7, 11) is 0. The van der Waals surface area contributed by atoms with Gasteiger partial charge in [0.1, 0.15) is 17.5 Å². The molecule has 1 atom stereocenters. The lowest BCUT2D eigenvalue weighted by atomic mass is 9.96. The summed E-state index contributed by atoms with van der Waals surface area (Å²) in [4.78, 5) is 20.5. The molecule has 0 radical (unpaired) electrons. The minimum Gasteiger partial charge on any atom is -0.381 e. The molecule has 3 saturated heterocycles. The summed E-state index contributed by atoms with van der Waals surface area (Å²) in [5.74, 6) is 1.07. The number of rotatable bonds is 4. The highest BCUT2D eigenvalue weighted by Crippen LogP contribution is 2.42. The number of carbonyl (C=O) groups excluding carboxylic acids is 1. The molecule has 7 heteroatoms. The van der Waals surface area contributed by atoms with E-state index < -0.39 is 0 Å². The summed E-state index contributed by atoms with van der Waals surface area (Å²) < 4.78 is 10.9. The van der Waals surface area contributed by atoms with Crippen LogP contribution in [-0.2, 0) is 22.6 Å². The first-order valence-corrected chi connectivity index (χ1v) is 10.5. The van der Waals surface area contributed by atoms with E-state index in [0.29, 0.717) is 19.8 Å². The molecule has 2 aromatic rings. The Morgan fingerprint density at radius 1 is 1.14 bits per heavy atom. The Morgan fingerprint density at radius 2 is 1.93 bits per heavy atom. The third-order valence-electron chi connectivity index (χ3n) is 6.59. The summed E-state index contributed by atoms with van der Waals surface area (Å²) in [5, 5.41) is 4.13. The molecular weight excluding hydrogens is 368 g/mol. The Kier molecular flexibility index (Phi) is 4.89. The van der Waals surface area contributed by atoms with Crippen LogP contribution in [-0.4, -0.2) is 70.3 Å². The second-order valence-corrected chi connectivity index (χ2v) is 8.38. The zero-order valence-electron chi connectivity index (χ0n) is 16.9. The van der Waals surface area contributed by atoms with Crippen molar-refractivity contribution >= 4 is 5.91 Å². The molecule has 5 rings (SSSR count). The molecule has 29 heavy (non-hydrogen) atoms. The van der Waals surface area contributed by atoms with Crippen LogP contribution in [0.4, 0.5) is 0 Å². The number of piperazine rings is 1. The van der Waals surface area contributed by atoms with E-state index in [1.165, 1.54) is 5.56 Å². The highest BCUT2D eigenvalue weighted by atomic mass is 16.5. The molecule has 3 aliphatic rings. The van der Waals surface area contributed by atoms with Gasteiger partial charge >= 0.3 is 0 Å². The smallest absolute Gasteiger partial charge is 0.243 e. The van der Waals surface area contributed by atoms with Crippen LogP contribution in [0.1, 0.15) is 29.9 Å². The first kappa shape index (κ1) is 18.8. The number of aryl methyl sites for hydroxylation is 1. The lowest BCUT2D eigenvalue weighted by Gasteiger charge is -2.49. The van der Waals surface area contributed by atoms with Gasteiger partial charge in [0.05, 0.1) is 18.9 Å². The second-order valence-electron chi connectivity index (χ2n) is 8.38. The molecule has 7 nitrogen and oxygen atoms in total. The standard InChI is InChI=1S/C22H28N4O3/c1-17-13-19(23-29-17)15-24-9-10-25-20(16-24)21(27)26(14-18-5-3-2-4-6-18)22(25)7-11-28-12-8-22/h2-6,13,20H,7-12,14-16H2,1H3/t20-/m1/s1. The second kappa shape index (κ2) is 7.55. The molecule has 4 heterocycles. The molecule has 1 aromatic heterocycles. The van der Waals surface area contributed by atoms with Gasteiger partial charge < -0.3 is 14.2 Å². The number of fused-ring (bicyclic) bond motifs is 2. The Bertz CT molecular complexity index is 862. The maximum Gasteiger partial charge on any atom is 0.243 e. The molecule has 1 spiro atoms. The van der Waals surface area contributed by atoms with Crippen LogP contribution in [0.25, 0.3) is 0 Å². The predicted molar refractivity (Wildman–Crippen MR) is 107 cm³/mol. The maximum atomic E-state index is 13.6. The fraction of sp³-hybridized carbons (Fsp3) is 0.545. The average molecular weight is 396 g/mol. The van der Waals surface area contributed by atoms with E-state index in [9.17, 15) is 4.79 Å². The normalized spacial score (nSPS) is 24.9. The third-order valence-corrected chi connectivity index (χ3v) is 6.59. The highest BCUT2D eigenvalue weighted by molar-refractivity contribution is 5.85. The quantitative estimate of drug-likeness (QED) is 0.788. The van der Waals surface area contributed by atoms with Crippen LogP contribution >= 0.6 is 0 Å². The summed E-state index contributed by atoms with van der Waals surface area (Å²) in [6.07, 6.45) is 1.76. The van der Waals surface area contributed by atoms with E-state index in [1.54, 1.807) is 0 Å². The fourth-order valence-corrected chi connectivity index (χ4v) is 5.20. The molecule has 3 fully saturated rings. The molecular formula is C22H28N4O3. The minimum atomic E-state index is -0.216. The topological polar surface area (TPSA) is 62.0 Å². The molecule has 0 saturated carbocycles. The highest BCUT2D eigenvalue weighted by Gasteiger charge is 2.58. The van der Waals surface area contributed by atoms with Crippen molar-refractivity contribution in [2.75, 3.05) is 32.8 Å². The zero-order chi connectivity index (χ0) is 19.8. The number of amides is 1. The molecule has 1 aromatic carbocycles.